The fourth-order valence-electron chi connectivity index (χ4n) is 3.63. The van der Waals surface area contributed by atoms with E-state index in [9.17, 15) is 14.0 Å². The fourth-order valence-corrected chi connectivity index (χ4v) is 3.63. The lowest BCUT2D eigenvalue weighted by molar-refractivity contribution is -0.129. The molecule has 1 aromatic carbocycles. The third kappa shape index (κ3) is 4.18. The first kappa shape index (κ1) is 17.9. The molecule has 1 aliphatic heterocycles. The van der Waals surface area contributed by atoms with Crippen molar-refractivity contribution < 1.29 is 14.0 Å². The van der Waals surface area contributed by atoms with E-state index in [4.69, 9.17) is 0 Å². The predicted molar refractivity (Wildman–Crippen MR) is 94.6 cm³/mol. The topological polar surface area (TPSA) is 70.2 Å². The van der Waals surface area contributed by atoms with Crippen molar-refractivity contribution in [2.75, 3.05) is 11.9 Å². The Balaban J connectivity index is 1.60. The predicted octanol–water partition coefficient (Wildman–Crippen LogP) is 2.49. The summed E-state index contributed by atoms with van der Waals surface area (Å²) in [6.45, 7) is 3.01. The van der Waals surface area contributed by atoms with Crippen molar-refractivity contribution >= 4 is 17.5 Å². The molecule has 0 spiro atoms. The summed E-state index contributed by atoms with van der Waals surface area (Å²) >= 11 is 0. The van der Waals surface area contributed by atoms with Gasteiger partial charge in [-0.3, -0.25) is 9.59 Å². The molecule has 0 unspecified atom stereocenters. The Bertz CT molecular complexity index is 656. The van der Waals surface area contributed by atoms with Crippen molar-refractivity contribution in [2.24, 2.45) is 5.92 Å². The first-order chi connectivity index (χ1) is 12.1. The Hall–Kier alpha value is -1.95. The molecule has 1 aromatic rings. The third-order valence-corrected chi connectivity index (χ3v) is 5.19. The molecular weight excluding hydrogens is 321 g/mol. The molecule has 1 atom stereocenters. The van der Waals surface area contributed by atoms with Gasteiger partial charge in [-0.1, -0.05) is 25.3 Å². The normalized spacial score (nSPS) is 19.0. The van der Waals surface area contributed by atoms with Crippen LogP contribution in [0.3, 0.4) is 0 Å². The van der Waals surface area contributed by atoms with Crippen LogP contribution in [-0.2, 0) is 22.6 Å². The van der Waals surface area contributed by atoms with E-state index in [0.29, 0.717) is 18.5 Å². The zero-order valence-electron chi connectivity index (χ0n) is 14.7. The minimum Gasteiger partial charge on any atom is -0.344 e. The SMILES string of the molecule is C[C@H](NC(=O)C1CCCCC1)C(=O)Nc1ccc2c(c1F)CCNC2. The van der Waals surface area contributed by atoms with Crippen LogP contribution in [0.25, 0.3) is 0 Å². The molecule has 3 rings (SSSR count). The van der Waals surface area contributed by atoms with Crippen LogP contribution in [-0.4, -0.2) is 24.4 Å². The first-order valence-corrected chi connectivity index (χ1v) is 9.18. The molecule has 1 heterocycles. The summed E-state index contributed by atoms with van der Waals surface area (Å²) in [4.78, 5) is 24.6. The molecule has 136 valence electrons. The van der Waals surface area contributed by atoms with Gasteiger partial charge in [0.15, 0.2) is 0 Å². The zero-order valence-corrected chi connectivity index (χ0v) is 14.7. The highest BCUT2D eigenvalue weighted by Crippen LogP contribution is 2.25. The van der Waals surface area contributed by atoms with Crippen LogP contribution < -0.4 is 16.0 Å². The maximum atomic E-state index is 14.6. The molecule has 25 heavy (non-hydrogen) atoms. The molecule has 2 aliphatic rings. The molecule has 6 heteroatoms. The molecule has 0 saturated heterocycles. The van der Waals surface area contributed by atoms with E-state index < -0.39 is 11.9 Å². The molecule has 0 aromatic heterocycles. The van der Waals surface area contributed by atoms with Gasteiger partial charge in [-0.15, -0.1) is 0 Å². The van der Waals surface area contributed by atoms with Gasteiger partial charge in [-0.2, -0.15) is 0 Å². The van der Waals surface area contributed by atoms with Gasteiger partial charge in [0.25, 0.3) is 0 Å². The van der Waals surface area contributed by atoms with E-state index in [0.717, 1.165) is 37.8 Å². The monoisotopic (exact) mass is 347 g/mol. The molecule has 0 bridgehead atoms. The fraction of sp³-hybridized carbons (Fsp3) is 0.579. The van der Waals surface area contributed by atoms with Crippen LogP contribution in [0.15, 0.2) is 12.1 Å². The minimum atomic E-state index is -0.688. The van der Waals surface area contributed by atoms with Crippen LogP contribution in [0, 0.1) is 11.7 Å². The van der Waals surface area contributed by atoms with Gasteiger partial charge in [-0.05, 0) is 49.9 Å². The average molecular weight is 347 g/mol. The number of hydrogen-bond acceptors (Lipinski definition) is 3. The molecule has 1 saturated carbocycles. The number of anilines is 1. The number of benzene rings is 1. The maximum absolute atomic E-state index is 14.6. The number of amides is 2. The van der Waals surface area contributed by atoms with Gasteiger partial charge in [0.1, 0.15) is 11.9 Å². The lowest BCUT2D eigenvalue weighted by atomic mass is 9.88. The van der Waals surface area contributed by atoms with Crippen LogP contribution >= 0.6 is 0 Å². The molecule has 2 amide bonds. The largest absolute Gasteiger partial charge is 0.344 e. The van der Waals surface area contributed by atoms with E-state index in [1.807, 2.05) is 6.07 Å². The van der Waals surface area contributed by atoms with Crippen molar-refractivity contribution in [2.45, 2.75) is 58.0 Å². The summed E-state index contributed by atoms with van der Waals surface area (Å²) in [5.41, 5.74) is 1.78. The summed E-state index contributed by atoms with van der Waals surface area (Å²) < 4.78 is 14.6. The second kappa shape index (κ2) is 7.95. The van der Waals surface area contributed by atoms with Gasteiger partial charge < -0.3 is 16.0 Å². The highest BCUT2D eigenvalue weighted by Gasteiger charge is 2.25. The standard InChI is InChI=1S/C19H26FN3O2/c1-12(22-19(25)13-5-3-2-4-6-13)18(24)23-16-8-7-14-11-21-10-9-15(14)17(16)20/h7-8,12-13,21H,2-6,9-11H2,1H3,(H,22,25)(H,23,24)/t12-/m0/s1. The van der Waals surface area contributed by atoms with Gasteiger partial charge in [0.05, 0.1) is 5.69 Å². The third-order valence-electron chi connectivity index (χ3n) is 5.19. The molecule has 3 N–H and O–H groups in total. The zero-order chi connectivity index (χ0) is 17.8. The van der Waals surface area contributed by atoms with Crippen molar-refractivity contribution in [1.29, 1.82) is 0 Å². The van der Waals surface area contributed by atoms with Crippen LogP contribution in [0.4, 0.5) is 10.1 Å². The lowest BCUT2D eigenvalue weighted by Gasteiger charge is -2.23. The summed E-state index contributed by atoms with van der Waals surface area (Å²) in [6, 6.07) is 2.74. The first-order valence-electron chi connectivity index (χ1n) is 9.18. The molecule has 1 fully saturated rings. The van der Waals surface area contributed by atoms with Crippen molar-refractivity contribution in [1.82, 2.24) is 10.6 Å². The summed E-state index contributed by atoms with van der Waals surface area (Å²) in [5.74, 6) is -0.827. The smallest absolute Gasteiger partial charge is 0.246 e. The number of nitrogens with one attached hydrogen (secondary N) is 3. The number of hydrogen-bond donors (Lipinski definition) is 3. The van der Waals surface area contributed by atoms with E-state index >= 15 is 0 Å². The molecule has 1 aliphatic carbocycles. The van der Waals surface area contributed by atoms with E-state index in [2.05, 4.69) is 16.0 Å². The Morgan fingerprint density at radius 2 is 2.00 bits per heavy atom. The van der Waals surface area contributed by atoms with Crippen molar-refractivity contribution in [3.63, 3.8) is 0 Å². The van der Waals surface area contributed by atoms with Gasteiger partial charge >= 0.3 is 0 Å². The van der Waals surface area contributed by atoms with Gasteiger partial charge in [0.2, 0.25) is 11.8 Å². The molecule has 0 radical (unpaired) electrons. The highest BCUT2D eigenvalue weighted by molar-refractivity contribution is 5.97. The lowest BCUT2D eigenvalue weighted by Crippen LogP contribution is -2.44. The van der Waals surface area contributed by atoms with Crippen LogP contribution in [0.5, 0.6) is 0 Å². The number of halogens is 1. The Labute approximate surface area is 147 Å². The molecular formula is C19H26FN3O2. The summed E-state index contributed by atoms with van der Waals surface area (Å²) in [6.07, 6.45) is 5.68. The van der Waals surface area contributed by atoms with E-state index in [-0.39, 0.29) is 23.3 Å². The Kier molecular flexibility index (Phi) is 5.68. The van der Waals surface area contributed by atoms with Crippen molar-refractivity contribution in [3.8, 4) is 0 Å². The maximum Gasteiger partial charge on any atom is 0.246 e. The number of rotatable bonds is 4. The highest BCUT2D eigenvalue weighted by atomic mass is 19.1. The second-order valence-electron chi connectivity index (χ2n) is 7.05. The van der Waals surface area contributed by atoms with Crippen molar-refractivity contribution in [3.05, 3.63) is 29.1 Å². The van der Waals surface area contributed by atoms with E-state index in [1.54, 1.807) is 13.0 Å². The quantitative estimate of drug-likeness (QED) is 0.784. The number of fused-ring (bicyclic) bond motifs is 1. The van der Waals surface area contributed by atoms with E-state index in [1.165, 1.54) is 6.42 Å². The summed E-state index contributed by atoms with van der Waals surface area (Å²) in [5, 5.41) is 8.59. The number of carbonyl (C=O) groups excluding carboxylic acids is 2. The Morgan fingerprint density at radius 3 is 2.76 bits per heavy atom. The van der Waals surface area contributed by atoms with Crippen LogP contribution in [0.1, 0.15) is 50.2 Å². The van der Waals surface area contributed by atoms with Gasteiger partial charge in [0, 0.05) is 12.5 Å². The number of carbonyl (C=O) groups is 2. The van der Waals surface area contributed by atoms with Crippen LogP contribution in [0.2, 0.25) is 0 Å². The minimum absolute atomic E-state index is 0.00280. The molecule has 5 nitrogen and oxygen atoms in total. The summed E-state index contributed by atoms with van der Waals surface area (Å²) in [7, 11) is 0. The average Bonchev–Trinajstić information content (AvgIpc) is 2.64. The Morgan fingerprint density at radius 1 is 1.24 bits per heavy atom. The van der Waals surface area contributed by atoms with Gasteiger partial charge in [-0.25, -0.2) is 4.39 Å². The second-order valence-corrected chi connectivity index (χ2v) is 7.05.